The highest BCUT2D eigenvalue weighted by molar-refractivity contribution is 5.85. The third-order valence-corrected chi connectivity index (χ3v) is 4.31. The Bertz CT molecular complexity index is 1140. The molecule has 0 fully saturated rings. The van der Waals surface area contributed by atoms with Crippen molar-refractivity contribution in [1.82, 2.24) is 5.16 Å². The highest BCUT2D eigenvalue weighted by Gasteiger charge is 2.20. The fourth-order valence-corrected chi connectivity index (χ4v) is 3.19. The molecule has 0 N–H and O–H groups in total. The second kappa shape index (κ2) is 5.74. The Morgan fingerprint density at radius 3 is 2.48 bits per heavy atom. The normalized spacial score (nSPS) is 11.2. The maximum atomic E-state index is 12.6. The number of aromatic nitrogens is 1. The Hall–Kier alpha value is -3.14. The lowest BCUT2D eigenvalue weighted by Gasteiger charge is -2.07. The van der Waals surface area contributed by atoms with Crippen LogP contribution in [-0.4, -0.2) is 5.16 Å². The van der Waals surface area contributed by atoms with Gasteiger partial charge in [0.05, 0.1) is 10.9 Å². The van der Waals surface area contributed by atoms with Crippen LogP contribution in [0.2, 0.25) is 0 Å². The molecule has 2 heterocycles. The first kappa shape index (κ1) is 15.4. The second-order valence-corrected chi connectivity index (χ2v) is 6.26. The van der Waals surface area contributed by atoms with Gasteiger partial charge in [-0.05, 0) is 38.0 Å². The molecule has 2 aromatic carbocycles. The van der Waals surface area contributed by atoms with E-state index in [0.717, 1.165) is 16.7 Å². The van der Waals surface area contributed by atoms with Crippen LogP contribution in [0.15, 0.2) is 62.3 Å². The average molecular weight is 331 g/mol. The summed E-state index contributed by atoms with van der Waals surface area (Å²) in [6.07, 6.45) is 0. The number of rotatable bonds is 2. The standard InChI is InChI=1S/C21H17NO3/c1-12-9-13(2)21-16(10-12)17(23)11-18(24-21)19-14(3)25-22-20(19)15-7-5-4-6-8-15/h4-11H,1-3H3. The van der Waals surface area contributed by atoms with Gasteiger partial charge in [-0.3, -0.25) is 4.79 Å². The van der Waals surface area contributed by atoms with Crippen LogP contribution in [0.5, 0.6) is 0 Å². The number of fused-ring (bicyclic) bond motifs is 1. The third-order valence-electron chi connectivity index (χ3n) is 4.31. The average Bonchev–Trinajstić information content (AvgIpc) is 2.98. The number of nitrogens with zero attached hydrogens (tertiary/aromatic N) is 1. The van der Waals surface area contributed by atoms with Gasteiger partial charge in [0, 0.05) is 11.6 Å². The number of benzene rings is 2. The lowest BCUT2D eigenvalue weighted by molar-refractivity contribution is 0.400. The maximum Gasteiger partial charge on any atom is 0.193 e. The van der Waals surface area contributed by atoms with Crippen LogP contribution in [0, 0.1) is 20.8 Å². The molecule has 0 amide bonds. The SMILES string of the molecule is Cc1cc(C)c2oc(-c3c(-c4ccccc4)noc3C)cc(=O)c2c1. The van der Waals surface area contributed by atoms with Gasteiger partial charge in [0.25, 0.3) is 0 Å². The summed E-state index contributed by atoms with van der Waals surface area (Å²) in [5.74, 6) is 1.09. The summed E-state index contributed by atoms with van der Waals surface area (Å²) in [6.45, 7) is 5.74. The van der Waals surface area contributed by atoms with Crippen LogP contribution in [0.4, 0.5) is 0 Å². The molecule has 0 spiro atoms. The number of aryl methyl sites for hydroxylation is 3. The minimum atomic E-state index is -0.0670. The molecule has 0 unspecified atom stereocenters. The van der Waals surface area contributed by atoms with Crippen molar-refractivity contribution in [3.8, 4) is 22.6 Å². The summed E-state index contributed by atoms with van der Waals surface area (Å²) in [6, 6.07) is 15.1. The quantitative estimate of drug-likeness (QED) is 0.516. The Labute approximate surface area is 144 Å². The first-order chi connectivity index (χ1) is 12.0. The van der Waals surface area contributed by atoms with E-state index in [9.17, 15) is 4.79 Å². The van der Waals surface area contributed by atoms with Crippen LogP contribution in [0.3, 0.4) is 0 Å². The predicted molar refractivity (Wildman–Crippen MR) is 97.6 cm³/mol. The Morgan fingerprint density at radius 2 is 1.72 bits per heavy atom. The fraction of sp³-hybridized carbons (Fsp3) is 0.143. The monoisotopic (exact) mass is 331 g/mol. The molecule has 0 aliphatic carbocycles. The van der Waals surface area contributed by atoms with Crippen LogP contribution in [0.1, 0.15) is 16.9 Å². The number of hydrogen-bond donors (Lipinski definition) is 0. The minimum Gasteiger partial charge on any atom is -0.455 e. The predicted octanol–water partition coefficient (Wildman–Crippen LogP) is 5.04. The van der Waals surface area contributed by atoms with Crippen molar-refractivity contribution in [2.75, 3.05) is 0 Å². The third kappa shape index (κ3) is 2.56. The smallest absolute Gasteiger partial charge is 0.193 e. The molecule has 0 atom stereocenters. The zero-order valence-electron chi connectivity index (χ0n) is 14.3. The summed E-state index contributed by atoms with van der Waals surface area (Å²) < 4.78 is 11.5. The molecule has 25 heavy (non-hydrogen) atoms. The lowest BCUT2D eigenvalue weighted by Crippen LogP contribution is -2.02. The molecule has 4 rings (SSSR count). The van der Waals surface area contributed by atoms with Crippen molar-refractivity contribution >= 4 is 11.0 Å². The molecule has 0 aliphatic heterocycles. The van der Waals surface area contributed by atoms with Crippen LogP contribution in [0.25, 0.3) is 33.6 Å². The molecule has 4 heteroatoms. The zero-order valence-corrected chi connectivity index (χ0v) is 14.3. The van der Waals surface area contributed by atoms with E-state index in [1.165, 1.54) is 6.07 Å². The van der Waals surface area contributed by atoms with E-state index < -0.39 is 0 Å². The van der Waals surface area contributed by atoms with Gasteiger partial charge in [0.2, 0.25) is 0 Å². The topological polar surface area (TPSA) is 56.2 Å². The van der Waals surface area contributed by atoms with Crippen molar-refractivity contribution in [1.29, 1.82) is 0 Å². The molecule has 0 aliphatic rings. The van der Waals surface area contributed by atoms with Crippen molar-refractivity contribution < 1.29 is 8.94 Å². The summed E-state index contributed by atoms with van der Waals surface area (Å²) in [5.41, 5.74) is 4.81. The molecule has 0 radical (unpaired) electrons. The summed E-state index contributed by atoms with van der Waals surface area (Å²) >= 11 is 0. The Morgan fingerprint density at radius 1 is 0.960 bits per heavy atom. The highest BCUT2D eigenvalue weighted by Crippen LogP contribution is 2.35. The van der Waals surface area contributed by atoms with Crippen LogP contribution >= 0.6 is 0 Å². The van der Waals surface area contributed by atoms with Gasteiger partial charge in [-0.15, -0.1) is 0 Å². The second-order valence-electron chi connectivity index (χ2n) is 6.26. The molecule has 2 aromatic heterocycles. The van der Waals surface area contributed by atoms with E-state index >= 15 is 0 Å². The highest BCUT2D eigenvalue weighted by atomic mass is 16.5. The summed E-state index contributed by atoms with van der Waals surface area (Å²) in [7, 11) is 0. The molecular formula is C21H17NO3. The van der Waals surface area contributed by atoms with Gasteiger partial charge in [-0.25, -0.2) is 0 Å². The van der Waals surface area contributed by atoms with Crippen LogP contribution in [-0.2, 0) is 0 Å². The van der Waals surface area contributed by atoms with E-state index in [-0.39, 0.29) is 5.43 Å². The van der Waals surface area contributed by atoms with E-state index in [2.05, 4.69) is 5.16 Å². The van der Waals surface area contributed by atoms with Gasteiger partial charge < -0.3 is 8.94 Å². The van der Waals surface area contributed by atoms with Gasteiger partial charge in [0.1, 0.15) is 22.8 Å². The first-order valence-corrected chi connectivity index (χ1v) is 8.12. The van der Waals surface area contributed by atoms with Gasteiger partial charge in [-0.2, -0.15) is 0 Å². The van der Waals surface area contributed by atoms with E-state index in [0.29, 0.717) is 33.7 Å². The largest absolute Gasteiger partial charge is 0.455 e. The fourth-order valence-electron chi connectivity index (χ4n) is 3.19. The number of hydrogen-bond acceptors (Lipinski definition) is 4. The maximum absolute atomic E-state index is 12.6. The van der Waals surface area contributed by atoms with Gasteiger partial charge in [0.15, 0.2) is 5.43 Å². The van der Waals surface area contributed by atoms with Crippen molar-refractivity contribution in [2.24, 2.45) is 0 Å². The molecule has 0 saturated heterocycles. The first-order valence-electron chi connectivity index (χ1n) is 8.12. The molecule has 0 bridgehead atoms. The molecule has 4 nitrogen and oxygen atoms in total. The minimum absolute atomic E-state index is 0.0670. The van der Waals surface area contributed by atoms with Crippen molar-refractivity contribution in [3.05, 3.63) is 75.6 Å². The van der Waals surface area contributed by atoms with Crippen molar-refractivity contribution in [2.45, 2.75) is 20.8 Å². The summed E-state index contributed by atoms with van der Waals surface area (Å²) in [5, 5.41) is 4.77. The van der Waals surface area contributed by atoms with Gasteiger partial charge >= 0.3 is 0 Å². The van der Waals surface area contributed by atoms with E-state index in [4.69, 9.17) is 8.94 Å². The van der Waals surface area contributed by atoms with Crippen LogP contribution < -0.4 is 5.43 Å². The molecule has 124 valence electrons. The van der Waals surface area contributed by atoms with E-state index in [1.807, 2.05) is 63.2 Å². The van der Waals surface area contributed by atoms with Gasteiger partial charge in [-0.1, -0.05) is 41.6 Å². The zero-order chi connectivity index (χ0) is 17.6. The summed E-state index contributed by atoms with van der Waals surface area (Å²) in [4.78, 5) is 12.6. The van der Waals surface area contributed by atoms with Crippen molar-refractivity contribution in [3.63, 3.8) is 0 Å². The lowest BCUT2D eigenvalue weighted by atomic mass is 10.0. The molecule has 0 saturated carbocycles. The molecule has 4 aromatic rings. The Kier molecular flexibility index (Phi) is 3.53. The Balaban J connectivity index is 2.01. The molecular weight excluding hydrogens is 314 g/mol. The van der Waals surface area contributed by atoms with E-state index in [1.54, 1.807) is 0 Å².